The van der Waals surface area contributed by atoms with Crippen LogP contribution in [0.3, 0.4) is 0 Å². The van der Waals surface area contributed by atoms with Crippen LogP contribution in [0.5, 0.6) is 11.5 Å². The third-order valence-corrected chi connectivity index (χ3v) is 5.06. The van der Waals surface area contributed by atoms with E-state index in [9.17, 15) is 9.59 Å². The first-order valence-corrected chi connectivity index (χ1v) is 10.5. The van der Waals surface area contributed by atoms with Gasteiger partial charge in [0, 0.05) is 11.6 Å². The van der Waals surface area contributed by atoms with Crippen LogP contribution in [0.25, 0.3) is 22.5 Å². The molecule has 172 valence electrons. The van der Waals surface area contributed by atoms with E-state index >= 15 is 0 Å². The topological polar surface area (TPSA) is 118 Å². The summed E-state index contributed by atoms with van der Waals surface area (Å²) in [5.74, 6) is 0.865. The van der Waals surface area contributed by atoms with Crippen LogP contribution in [0.4, 0.5) is 5.95 Å². The first kappa shape index (κ1) is 22.5. The third kappa shape index (κ3) is 5.21. The second-order valence-electron chi connectivity index (χ2n) is 7.25. The standard InChI is InChI=1S/C25H23N5O4/c1-33-19-12-13-20(21(14-19)34-2)23-28-25(30-29-23)27-22(31)15-26-24(32)18-10-8-17(9-11-18)16-6-4-3-5-7-16/h3-14H,15H2,1-2H3,(H,26,32)(H2,27,28,29,30,31). The Kier molecular flexibility index (Phi) is 6.83. The van der Waals surface area contributed by atoms with Crippen molar-refractivity contribution in [2.24, 2.45) is 0 Å². The van der Waals surface area contributed by atoms with Crippen LogP contribution in [0.15, 0.2) is 72.8 Å². The van der Waals surface area contributed by atoms with Crippen LogP contribution < -0.4 is 20.1 Å². The van der Waals surface area contributed by atoms with Crippen molar-refractivity contribution in [2.75, 3.05) is 26.1 Å². The fraction of sp³-hybridized carbons (Fsp3) is 0.120. The highest BCUT2D eigenvalue weighted by Crippen LogP contribution is 2.31. The van der Waals surface area contributed by atoms with E-state index in [1.165, 1.54) is 7.11 Å². The zero-order valence-corrected chi connectivity index (χ0v) is 18.7. The average molecular weight is 457 g/mol. The number of aromatic nitrogens is 3. The van der Waals surface area contributed by atoms with Gasteiger partial charge in [0.15, 0.2) is 5.82 Å². The lowest BCUT2D eigenvalue weighted by Crippen LogP contribution is -2.33. The zero-order chi connectivity index (χ0) is 23.9. The third-order valence-electron chi connectivity index (χ3n) is 5.06. The number of hydrogen-bond donors (Lipinski definition) is 3. The van der Waals surface area contributed by atoms with Gasteiger partial charge in [0.25, 0.3) is 5.91 Å². The maximum atomic E-state index is 12.4. The maximum absolute atomic E-state index is 12.4. The molecule has 0 spiro atoms. The molecule has 0 aliphatic heterocycles. The summed E-state index contributed by atoms with van der Waals surface area (Å²) >= 11 is 0. The van der Waals surface area contributed by atoms with E-state index in [2.05, 4.69) is 25.8 Å². The second-order valence-corrected chi connectivity index (χ2v) is 7.25. The summed E-state index contributed by atoms with van der Waals surface area (Å²) in [5.41, 5.74) is 3.18. The first-order valence-electron chi connectivity index (χ1n) is 10.5. The normalized spacial score (nSPS) is 10.4. The average Bonchev–Trinajstić information content (AvgIpc) is 3.35. The van der Waals surface area contributed by atoms with Gasteiger partial charge in [-0.25, -0.2) is 0 Å². The Morgan fingerprint density at radius 3 is 2.35 bits per heavy atom. The second kappa shape index (κ2) is 10.3. The number of hydrogen-bond acceptors (Lipinski definition) is 6. The van der Waals surface area contributed by atoms with E-state index in [4.69, 9.17) is 9.47 Å². The van der Waals surface area contributed by atoms with Crippen molar-refractivity contribution >= 4 is 17.8 Å². The van der Waals surface area contributed by atoms with Gasteiger partial charge in [-0.1, -0.05) is 42.5 Å². The highest BCUT2D eigenvalue weighted by Gasteiger charge is 2.14. The number of carbonyl (C=O) groups is 2. The molecule has 0 saturated heterocycles. The minimum absolute atomic E-state index is 0.0827. The largest absolute Gasteiger partial charge is 0.497 e. The molecule has 0 radical (unpaired) electrons. The Labute approximate surface area is 196 Å². The molecular weight excluding hydrogens is 434 g/mol. The van der Waals surface area contributed by atoms with Crippen molar-refractivity contribution in [2.45, 2.75) is 0 Å². The van der Waals surface area contributed by atoms with E-state index in [0.29, 0.717) is 28.5 Å². The van der Waals surface area contributed by atoms with Crippen LogP contribution >= 0.6 is 0 Å². The lowest BCUT2D eigenvalue weighted by Gasteiger charge is -2.08. The van der Waals surface area contributed by atoms with Gasteiger partial charge in [0.1, 0.15) is 11.5 Å². The summed E-state index contributed by atoms with van der Waals surface area (Å²) in [6.07, 6.45) is 0. The predicted molar refractivity (Wildman–Crippen MR) is 128 cm³/mol. The SMILES string of the molecule is COc1ccc(-c2nc(NC(=O)CNC(=O)c3ccc(-c4ccccc4)cc3)n[nH]2)c(OC)c1. The van der Waals surface area contributed by atoms with E-state index in [1.807, 2.05) is 42.5 Å². The van der Waals surface area contributed by atoms with E-state index < -0.39 is 5.91 Å². The quantitative estimate of drug-likeness (QED) is 0.373. The summed E-state index contributed by atoms with van der Waals surface area (Å²) in [7, 11) is 3.10. The van der Waals surface area contributed by atoms with Gasteiger partial charge >= 0.3 is 0 Å². The van der Waals surface area contributed by atoms with E-state index in [1.54, 1.807) is 37.4 Å². The van der Waals surface area contributed by atoms with Crippen LogP contribution in [-0.4, -0.2) is 47.8 Å². The van der Waals surface area contributed by atoms with Gasteiger partial charge in [-0.05, 0) is 35.4 Å². The molecule has 0 unspecified atom stereocenters. The molecule has 3 aromatic carbocycles. The van der Waals surface area contributed by atoms with Crippen molar-refractivity contribution < 1.29 is 19.1 Å². The summed E-state index contributed by atoms with van der Waals surface area (Å²) < 4.78 is 10.6. The Morgan fingerprint density at radius 2 is 1.65 bits per heavy atom. The number of amides is 2. The van der Waals surface area contributed by atoms with Crippen molar-refractivity contribution in [1.82, 2.24) is 20.5 Å². The highest BCUT2D eigenvalue weighted by molar-refractivity contribution is 5.99. The first-order chi connectivity index (χ1) is 16.6. The van der Waals surface area contributed by atoms with Crippen molar-refractivity contribution in [3.63, 3.8) is 0 Å². The molecule has 4 rings (SSSR count). The van der Waals surface area contributed by atoms with Crippen molar-refractivity contribution in [1.29, 1.82) is 0 Å². The molecule has 1 heterocycles. The predicted octanol–water partition coefficient (Wildman–Crippen LogP) is 3.52. The highest BCUT2D eigenvalue weighted by atomic mass is 16.5. The number of nitrogens with one attached hydrogen (secondary N) is 3. The Hall–Kier alpha value is -4.66. The molecule has 1 aromatic heterocycles. The minimum Gasteiger partial charge on any atom is -0.497 e. The van der Waals surface area contributed by atoms with Gasteiger partial charge in [0.2, 0.25) is 11.9 Å². The molecule has 9 heteroatoms. The molecule has 0 bridgehead atoms. The number of anilines is 1. The number of rotatable bonds is 8. The molecular formula is C25H23N5O4. The Bertz CT molecular complexity index is 1290. The number of benzene rings is 3. The van der Waals surface area contributed by atoms with Gasteiger partial charge in [-0.15, -0.1) is 5.10 Å². The number of H-pyrrole nitrogens is 1. The van der Waals surface area contributed by atoms with Gasteiger partial charge in [-0.2, -0.15) is 4.98 Å². The zero-order valence-electron chi connectivity index (χ0n) is 18.7. The summed E-state index contributed by atoms with van der Waals surface area (Å²) in [6.45, 7) is -0.227. The van der Waals surface area contributed by atoms with Crippen LogP contribution in [-0.2, 0) is 4.79 Å². The molecule has 0 saturated carbocycles. The molecule has 0 fully saturated rings. The monoisotopic (exact) mass is 457 g/mol. The number of nitrogens with zero attached hydrogens (tertiary/aromatic N) is 2. The van der Waals surface area contributed by atoms with Crippen molar-refractivity contribution in [3.05, 3.63) is 78.4 Å². The van der Waals surface area contributed by atoms with Gasteiger partial charge < -0.3 is 14.8 Å². The molecule has 2 amide bonds. The van der Waals surface area contributed by atoms with E-state index in [0.717, 1.165) is 11.1 Å². The molecule has 34 heavy (non-hydrogen) atoms. The summed E-state index contributed by atoms with van der Waals surface area (Å²) in [4.78, 5) is 29.0. The van der Waals surface area contributed by atoms with Crippen LogP contribution in [0.2, 0.25) is 0 Å². The number of methoxy groups -OCH3 is 2. The molecule has 0 aliphatic rings. The van der Waals surface area contributed by atoms with Crippen LogP contribution in [0.1, 0.15) is 10.4 Å². The van der Waals surface area contributed by atoms with Crippen LogP contribution in [0, 0.1) is 0 Å². The molecule has 0 aliphatic carbocycles. The van der Waals surface area contributed by atoms with Gasteiger partial charge in [0.05, 0.1) is 26.3 Å². The summed E-state index contributed by atoms with van der Waals surface area (Å²) in [5, 5.41) is 11.9. The number of carbonyl (C=O) groups excluding carboxylic acids is 2. The molecule has 4 aromatic rings. The lowest BCUT2D eigenvalue weighted by molar-refractivity contribution is -0.115. The molecule has 3 N–H and O–H groups in total. The smallest absolute Gasteiger partial charge is 0.251 e. The van der Waals surface area contributed by atoms with Crippen molar-refractivity contribution in [3.8, 4) is 34.0 Å². The van der Waals surface area contributed by atoms with E-state index in [-0.39, 0.29) is 18.4 Å². The molecule has 0 atom stereocenters. The number of aromatic amines is 1. The maximum Gasteiger partial charge on any atom is 0.251 e. The minimum atomic E-state index is -0.457. The van der Waals surface area contributed by atoms with Gasteiger partial charge in [-0.3, -0.25) is 20.0 Å². The fourth-order valence-electron chi connectivity index (χ4n) is 3.31. The summed E-state index contributed by atoms with van der Waals surface area (Å²) in [6, 6.07) is 22.3. The molecule has 9 nitrogen and oxygen atoms in total. The fourth-order valence-corrected chi connectivity index (χ4v) is 3.31. The Morgan fingerprint density at radius 1 is 0.912 bits per heavy atom. The lowest BCUT2D eigenvalue weighted by atomic mass is 10.0. The number of ether oxygens (including phenoxy) is 2. The Balaban J connectivity index is 1.33.